The van der Waals surface area contributed by atoms with Gasteiger partial charge in [-0.25, -0.2) is 23.5 Å². The number of nitrogens with zero attached hydrogens (tertiary/aromatic N) is 3. The van der Waals surface area contributed by atoms with E-state index in [1.807, 2.05) is 54.7 Å². The van der Waals surface area contributed by atoms with Crippen LogP contribution >= 0.6 is 15.9 Å². The molecule has 0 fully saturated rings. The quantitative estimate of drug-likeness (QED) is 0.550. The van der Waals surface area contributed by atoms with Gasteiger partial charge in [-0.15, -0.1) is 0 Å². The first kappa shape index (κ1) is 14.7. The van der Waals surface area contributed by atoms with Crippen LogP contribution in [0.2, 0.25) is 0 Å². The lowest BCUT2D eigenvalue weighted by molar-refractivity contribution is 0.414. The van der Waals surface area contributed by atoms with Crippen molar-refractivity contribution in [3.05, 3.63) is 98.9 Å². The van der Waals surface area contributed by atoms with E-state index in [4.69, 9.17) is 0 Å². The minimum absolute atomic E-state index is 0.00359. The van der Waals surface area contributed by atoms with Crippen molar-refractivity contribution >= 4 is 15.9 Å². The molecular weight excluding hydrogens is 382 g/mol. The molecule has 0 spiro atoms. The van der Waals surface area contributed by atoms with Crippen molar-refractivity contribution in [2.45, 2.75) is 16.9 Å². The molecule has 6 heteroatoms. The zero-order valence-corrected chi connectivity index (χ0v) is 14.7. The highest BCUT2D eigenvalue weighted by molar-refractivity contribution is 9.09. The van der Waals surface area contributed by atoms with Crippen LogP contribution in [0, 0.1) is 0 Å². The molecule has 3 heterocycles. The maximum absolute atomic E-state index is 13.1. The molecule has 1 aromatic heterocycles. The second-order valence-corrected chi connectivity index (χ2v) is 7.20. The minimum atomic E-state index is -0.313. The minimum Gasteiger partial charge on any atom is -0.245 e. The molecule has 2 unspecified atom stereocenters. The highest BCUT2D eigenvalue weighted by atomic mass is 79.9. The van der Waals surface area contributed by atoms with Crippen LogP contribution < -0.4 is 11.4 Å². The molecule has 2 aromatic rings. The van der Waals surface area contributed by atoms with Gasteiger partial charge in [0.1, 0.15) is 0 Å². The second kappa shape index (κ2) is 5.20. The predicted octanol–water partition coefficient (Wildman–Crippen LogP) is 2.65. The van der Waals surface area contributed by atoms with Gasteiger partial charge >= 0.3 is 11.4 Å². The number of aromatic nitrogens is 3. The fraction of sp³-hybridized carbons (Fsp3) is 0.158. The summed E-state index contributed by atoms with van der Waals surface area (Å²) in [5.41, 5.74) is 2.07. The summed E-state index contributed by atoms with van der Waals surface area (Å²) < 4.78 is 4.42. The van der Waals surface area contributed by atoms with E-state index < -0.39 is 0 Å². The number of hydrogen-bond donors (Lipinski definition) is 0. The van der Waals surface area contributed by atoms with Gasteiger partial charge in [0, 0.05) is 0 Å². The van der Waals surface area contributed by atoms with E-state index in [1.54, 1.807) is 21.5 Å². The van der Waals surface area contributed by atoms with Gasteiger partial charge in [0.15, 0.2) is 0 Å². The molecule has 0 N–H and O–H groups in total. The molecule has 0 saturated carbocycles. The molecule has 124 valence electrons. The van der Waals surface area contributed by atoms with E-state index in [0.717, 1.165) is 11.1 Å². The standard InChI is InChI=1S/C19H14BrN3O2/c20-17-13-8-4-5-9-14(17)16-11-10-15(13)22-18(24)21(19(25)23(16)22)12-6-2-1-3-7-12/h1-11,15-17H. The van der Waals surface area contributed by atoms with Gasteiger partial charge in [0.25, 0.3) is 0 Å². The van der Waals surface area contributed by atoms with Crippen molar-refractivity contribution in [2.75, 3.05) is 0 Å². The number of allylic oxidation sites excluding steroid dienone is 8. The van der Waals surface area contributed by atoms with Crippen LogP contribution in [0.1, 0.15) is 12.1 Å². The van der Waals surface area contributed by atoms with Crippen LogP contribution in [0.5, 0.6) is 0 Å². The summed E-state index contributed by atoms with van der Waals surface area (Å²) in [6, 6.07) is 8.51. The first-order chi connectivity index (χ1) is 12.2. The SMILES string of the molecule is O=c1n(-c2ccccc2)c(=O)n2n1C1C=CC2C2=CC=CC=C1C2Br. The van der Waals surface area contributed by atoms with Crippen molar-refractivity contribution in [1.82, 2.24) is 13.9 Å². The average molecular weight is 396 g/mol. The van der Waals surface area contributed by atoms with E-state index in [1.165, 1.54) is 4.57 Å². The van der Waals surface area contributed by atoms with Gasteiger partial charge in [0.05, 0.1) is 22.6 Å². The monoisotopic (exact) mass is 395 g/mol. The third-order valence-corrected chi connectivity index (χ3v) is 6.04. The molecule has 2 atom stereocenters. The number of benzene rings is 1. The summed E-state index contributed by atoms with van der Waals surface area (Å²) >= 11 is 3.75. The van der Waals surface area contributed by atoms with Crippen molar-refractivity contribution in [3.8, 4) is 5.69 Å². The van der Waals surface area contributed by atoms with Crippen LogP contribution in [0.15, 0.2) is 87.5 Å². The summed E-state index contributed by atoms with van der Waals surface area (Å²) in [4.78, 5) is 26.3. The number of halogens is 1. The third kappa shape index (κ3) is 1.88. The molecule has 0 amide bonds. The molecule has 2 aliphatic heterocycles. The maximum Gasteiger partial charge on any atom is 0.352 e. The molecule has 1 aromatic carbocycles. The first-order valence-electron chi connectivity index (χ1n) is 8.10. The first-order valence-corrected chi connectivity index (χ1v) is 9.02. The van der Waals surface area contributed by atoms with Crippen LogP contribution in [-0.4, -0.2) is 18.8 Å². The van der Waals surface area contributed by atoms with E-state index in [-0.39, 0.29) is 28.3 Å². The molecule has 5 nitrogen and oxygen atoms in total. The van der Waals surface area contributed by atoms with Gasteiger partial charge in [-0.1, -0.05) is 70.6 Å². The Morgan fingerprint density at radius 2 is 1.32 bits per heavy atom. The number of alkyl halides is 1. The summed E-state index contributed by atoms with van der Waals surface area (Å²) in [5.74, 6) is 0. The lowest BCUT2D eigenvalue weighted by Gasteiger charge is -2.23. The smallest absolute Gasteiger partial charge is 0.245 e. The Labute approximate surface area is 151 Å². The fourth-order valence-corrected chi connectivity index (χ4v) is 4.69. The van der Waals surface area contributed by atoms with E-state index in [2.05, 4.69) is 15.9 Å². The Hall–Kier alpha value is -2.60. The number of hydrogen-bond acceptors (Lipinski definition) is 2. The van der Waals surface area contributed by atoms with Gasteiger partial charge in [-0.3, -0.25) is 0 Å². The third-order valence-electron chi connectivity index (χ3n) is 4.98. The van der Waals surface area contributed by atoms with Gasteiger partial charge < -0.3 is 0 Å². The van der Waals surface area contributed by atoms with Gasteiger partial charge in [-0.05, 0) is 23.3 Å². The van der Waals surface area contributed by atoms with E-state index in [0.29, 0.717) is 5.69 Å². The van der Waals surface area contributed by atoms with E-state index >= 15 is 0 Å². The maximum atomic E-state index is 13.1. The molecule has 4 bridgehead atoms. The summed E-state index contributed by atoms with van der Waals surface area (Å²) in [7, 11) is 0. The molecule has 0 saturated heterocycles. The Morgan fingerprint density at radius 3 is 1.84 bits per heavy atom. The molecule has 6 rings (SSSR count). The highest BCUT2D eigenvalue weighted by Gasteiger charge is 2.40. The summed E-state index contributed by atoms with van der Waals surface area (Å²) in [6.45, 7) is 0. The zero-order chi connectivity index (χ0) is 17.1. The fourth-order valence-electron chi connectivity index (χ4n) is 3.84. The number of rotatable bonds is 1. The second-order valence-electron chi connectivity index (χ2n) is 6.28. The lowest BCUT2D eigenvalue weighted by Crippen LogP contribution is -2.34. The summed E-state index contributed by atoms with van der Waals surface area (Å²) in [5, 5.41) is 0. The Kier molecular flexibility index (Phi) is 3.06. The van der Waals surface area contributed by atoms with Crippen molar-refractivity contribution < 1.29 is 0 Å². The topological polar surface area (TPSA) is 48.9 Å². The van der Waals surface area contributed by atoms with Crippen molar-refractivity contribution in [2.24, 2.45) is 0 Å². The largest absolute Gasteiger partial charge is 0.352 e. The molecule has 4 aliphatic rings. The Morgan fingerprint density at radius 1 is 0.800 bits per heavy atom. The van der Waals surface area contributed by atoms with E-state index in [9.17, 15) is 9.59 Å². The number of para-hydroxylation sites is 1. The van der Waals surface area contributed by atoms with Gasteiger partial charge in [0.2, 0.25) is 0 Å². The van der Waals surface area contributed by atoms with Crippen LogP contribution in [0.25, 0.3) is 5.69 Å². The lowest BCUT2D eigenvalue weighted by atomic mass is 10.0. The molecular formula is C19H14BrN3O2. The summed E-state index contributed by atoms with van der Waals surface area (Å²) in [6.07, 6.45) is 12.0. The zero-order valence-electron chi connectivity index (χ0n) is 13.1. The highest BCUT2D eigenvalue weighted by Crippen LogP contribution is 2.43. The van der Waals surface area contributed by atoms with Crippen molar-refractivity contribution in [1.29, 1.82) is 0 Å². The Bertz CT molecular complexity index is 1050. The van der Waals surface area contributed by atoms with Crippen LogP contribution in [-0.2, 0) is 0 Å². The molecule has 0 radical (unpaired) electrons. The molecule has 25 heavy (non-hydrogen) atoms. The normalized spacial score (nSPS) is 25.9. The predicted molar refractivity (Wildman–Crippen MR) is 99.5 cm³/mol. The van der Waals surface area contributed by atoms with Gasteiger partial charge in [-0.2, -0.15) is 0 Å². The average Bonchev–Trinajstić information content (AvgIpc) is 2.77. The van der Waals surface area contributed by atoms with Crippen LogP contribution in [0.3, 0.4) is 0 Å². The van der Waals surface area contributed by atoms with Crippen LogP contribution in [0.4, 0.5) is 0 Å². The Balaban J connectivity index is 1.86. The van der Waals surface area contributed by atoms with Crippen molar-refractivity contribution in [3.63, 3.8) is 0 Å². The molecule has 2 aliphatic carbocycles.